The maximum Gasteiger partial charge on any atom is 0.194 e. The zero-order chi connectivity index (χ0) is 17.9. The summed E-state index contributed by atoms with van der Waals surface area (Å²) in [6.45, 7) is 10.5. The number of methoxy groups -OCH3 is 1. The first-order valence-corrected chi connectivity index (χ1v) is 8.58. The van der Waals surface area contributed by atoms with E-state index in [1.165, 1.54) is 5.56 Å². The summed E-state index contributed by atoms with van der Waals surface area (Å²) in [6.07, 6.45) is 2.09. The van der Waals surface area contributed by atoms with Gasteiger partial charge in [0.1, 0.15) is 0 Å². The highest BCUT2D eigenvalue weighted by molar-refractivity contribution is 14.0. The van der Waals surface area contributed by atoms with Crippen molar-refractivity contribution in [2.45, 2.75) is 33.2 Å². The first kappa shape index (κ1) is 24.1. The fourth-order valence-electron chi connectivity index (χ4n) is 2.42. The van der Waals surface area contributed by atoms with Crippen molar-refractivity contribution in [2.24, 2.45) is 12.0 Å². The average Bonchev–Trinajstić information content (AvgIpc) is 2.90. The zero-order valence-corrected chi connectivity index (χ0v) is 18.7. The van der Waals surface area contributed by atoms with Gasteiger partial charge in [0.15, 0.2) is 5.96 Å². The number of guanidine groups is 1. The minimum Gasteiger partial charge on any atom is -0.382 e. The SMILES string of the molecule is CCNC(=NCCOCCOC)N(C)Cc1cn(C)nc1C(C)C.I. The highest BCUT2D eigenvalue weighted by Gasteiger charge is 2.14. The third-order valence-electron chi connectivity index (χ3n) is 3.52. The van der Waals surface area contributed by atoms with E-state index in [2.05, 4.69) is 47.3 Å². The van der Waals surface area contributed by atoms with Gasteiger partial charge in [0.25, 0.3) is 0 Å². The van der Waals surface area contributed by atoms with Crippen LogP contribution in [0.2, 0.25) is 0 Å². The van der Waals surface area contributed by atoms with Crippen molar-refractivity contribution in [3.63, 3.8) is 0 Å². The number of hydrogen-bond acceptors (Lipinski definition) is 4. The Morgan fingerprint density at radius 3 is 2.68 bits per heavy atom. The number of nitrogens with zero attached hydrogens (tertiary/aromatic N) is 4. The van der Waals surface area contributed by atoms with Gasteiger partial charge in [-0.2, -0.15) is 5.10 Å². The van der Waals surface area contributed by atoms with Gasteiger partial charge in [0.05, 0.1) is 32.1 Å². The van der Waals surface area contributed by atoms with Crippen LogP contribution in [0.15, 0.2) is 11.2 Å². The Morgan fingerprint density at radius 2 is 2.08 bits per heavy atom. The van der Waals surface area contributed by atoms with Crippen molar-refractivity contribution in [3.8, 4) is 0 Å². The normalized spacial score (nSPS) is 11.6. The smallest absolute Gasteiger partial charge is 0.194 e. The summed E-state index contributed by atoms with van der Waals surface area (Å²) in [5.41, 5.74) is 2.38. The molecule has 0 aromatic carbocycles. The van der Waals surface area contributed by atoms with Crippen LogP contribution in [0.4, 0.5) is 0 Å². The summed E-state index contributed by atoms with van der Waals surface area (Å²) in [4.78, 5) is 6.75. The second-order valence-electron chi connectivity index (χ2n) is 6.06. The molecular formula is C17H34IN5O2. The van der Waals surface area contributed by atoms with Crippen LogP contribution >= 0.6 is 24.0 Å². The van der Waals surface area contributed by atoms with Gasteiger partial charge in [0.2, 0.25) is 0 Å². The second kappa shape index (κ2) is 13.3. The van der Waals surface area contributed by atoms with Gasteiger partial charge in [0, 0.05) is 46.1 Å². The lowest BCUT2D eigenvalue weighted by Crippen LogP contribution is -2.38. The van der Waals surface area contributed by atoms with Crippen LogP contribution < -0.4 is 5.32 Å². The van der Waals surface area contributed by atoms with Crippen molar-refractivity contribution in [1.82, 2.24) is 20.0 Å². The van der Waals surface area contributed by atoms with E-state index in [1.807, 2.05) is 18.8 Å². The standard InChI is InChI=1S/C17H33N5O2.HI/c1-7-18-17(19-8-9-24-11-10-23-6)21(4)12-15-13-22(5)20-16(15)14(2)3;/h13-14H,7-12H2,1-6H3,(H,18,19);1H. The molecule has 0 saturated heterocycles. The van der Waals surface area contributed by atoms with Gasteiger partial charge < -0.3 is 19.7 Å². The van der Waals surface area contributed by atoms with Crippen LogP contribution in [0.3, 0.4) is 0 Å². The van der Waals surface area contributed by atoms with Crippen molar-refractivity contribution in [1.29, 1.82) is 0 Å². The third-order valence-corrected chi connectivity index (χ3v) is 3.52. The maximum absolute atomic E-state index is 5.46. The summed E-state index contributed by atoms with van der Waals surface area (Å²) >= 11 is 0. The van der Waals surface area contributed by atoms with Crippen molar-refractivity contribution in [3.05, 3.63) is 17.5 Å². The van der Waals surface area contributed by atoms with Crippen LogP contribution in [-0.4, -0.2) is 67.7 Å². The van der Waals surface area contributed by atoms with Gasteiger partial charge in [-0.25, -0.2) is 0 Å². The van der Waals surface area contributed by atoms with Crippen LogP contribution in [0.5, 0.6) is 0 Å². The molecule has 0 radical (unpaired) electrons. The largest absolute Gasteiger partial charge is 0.382 e. The molecular weight excluding hydrogens is 433 g/mol. The minimum absolute atomic E-state index is 0. The summed E-state index contributed by atoms with van der Waals surface area (Å²) in [7, 11) is 5.68. The molecule has 0 aliphatic rings. The molecule has 0 atom stereocenters. The molecule has 146 valence electrons. The average molecular weight is 467 g/mol. The minimum atomic E-state index is 0. The molecule has 0 amide bonds. The lowest BCUT2D eigenvalue weighted by Gasteiger charge is -2.22. The molecule has 0 aliphatic carbocycles. The predicted molar refractivity (Wildman–Crippen MR) is 113 cm³/mol. The van der Waals surface area contributed by atoms with Crippen LogP contribution in [0.1, 0.15) is 37.9 Å². The van der Waals surface area contributed by atoms with E-state index in [0.29, 0.717) is 32.3 Å². The Balaban J connectivity index is 0.00000576. The molecule has 0 fully saturated rings. The number of aryl methyl sites for hydroxylation is 1. The molecule has 1 aromatic rings. The third kappa shape index (κ3) is 8.87. The Labute approximate surface area is 169 Å². The maximum atomic E-state index is 5.46. The second-order valence-corrected chi connectivity index (χ2v) is 6.06. The van der Waals surface area contributed by atoms with Gasteiger partial charge in [-0.3, -0.25) is 9.67 Å². The van der Waals surface area contributed by atoms with E-state index in [1.54, 1.807) is 7.11 Å². The van der Waals surface area contributed by atoms with E-state index >= 15 is 0 Å². The molecule has 8 heteroatoms. The Bertz CT molecular complexity index is 505. The number of nitrogens with one attached hydrogen (secondary N) is 1. The van der Waals surface area contributed by atoms with Crippen molar-refractivity contribution < 1.29 is 9.47 Å². The van der Waals surface area contributed by atoms with Gasteiger partial charge >= 0.3 is 0 Å². The van der Waals surface area contributed by atoms with E-state index in [9.17, 15) is 0 Å². The van der Waals surface area contributed by atoms with Gasteiger partial charge in [-0.1, -0.05) is 13.8 Å². The molecule has 0 aliphatic heterocycles. The fourth-order valence-corrected chi connectivity index (χ4v) is 2.42. The number of aromatic nitrogens is 2. The lowest BCUT2D eigenvalue weighted by atomic mass is 10.1. The van der Waals surface area contributed by atoms with E-state index in [4.69, 9.17) is 9.47 Å². The quantitative estimate of drug-likeness (QED) is 0.248. The first-order chi connectivity index (χ1) is 11.5. The Kier molecular flexibility index (Phi) is 12.9. The Morgan fingerprint density at radius 1 is 1.36 bits per heavy atom. The molecule has 1 aromatic heterocycles. The van der Waals surface area contributed by atoms with E-state index in [-0.39, 0.29) is 24.0 Å². The number of ether oxygens (including phenoxy) is 2. The van der Waals surface area contributed by atoms with Crippen molar-refractivity contribution in [2.75, 3.05) is 47.1 Å². The summed E-state index contributed by atoms with van der Waals surface area (Å²) < 4.78 is 12.3. The molecule has 1 rings (SSSR count). The molecule has 25 heavy (non-hydrogen) atoms. The molecule has 0 spiro atoms. The highest BCUT2D eigenvalue weighted by atomic mass is 127. The summed E-state index contributed by atoms with van der Waals surface area (Å²) in [5.74, 6) is 1.29. The van der Waals surface area contributed by atoms with Gasteiger partial charge in [-0.15, -0.1) is 24.0 Å². The first-order valence-electron chi connectivity index (χ1n) is 8.58. The van der Waals surface area contributed by atoms with Crippen LogP contribution in [0, 0.1) is 0 Å². The molecule has 0 unspecified atom stereocenters. The summed E-state index contributed by atoms with van der Waals surface area (Å²) in [5, 5.41) is 7.90. The van der Waals surface area contributed by atoms with Crippen LogP contribution in [0.25, 0.3) is 0 Å². The fraction of sp³-hybridized carbons (Fsp3) is 0.765. The Hall–Kier alpha value is -0.870. The molecule has 1 heterocycles. The monoisotopic (exact) mass is 467 g/mol. The molecule has 1 N–H and O–H groups in total. The summed E-state index contributed by atoms with van der Waals surface area (Å²) in [6, 6.07) is 0. The van der Waals surface area contributed by atoms with Crippen molar-refractivity contribution >= 4 is 29.9 Å². The molecule has 7 nitrogen and oxygen atoms in total. The lowest BCUT2D eigenvalue weighted by molar-refractivity contribution is 0.0747. The molecule has 0 saturated carbocycles. The number of rotatable bonds is 10. The number of aliphatic imine (C=N–C) groups is 1. The zero-order valence-electron chi connectivity index (χ0n) is 16.4. The molecule has 0 bridgehead atoms. The topological polar surface area (TPSA) is 63.9 Å². The van der Waals surface area contributed by atoms with E-state index < -0.39 is 0 Å². The number of hydrogen-bond donors (Lipinski definition) is 1. The van der Waals surface area contributed by atoms with Gasteiger partial charge in [-0.05, 0) is 12.8 Å². The van der Waals surface area contributed by atoms with E-state index in [0.717, 1.165) is 24.7 Å². The highest BCUT2D eigenvalue weighted by Crippen LogP contribution is 2.18. The van der Waals surface area contributed by atoms with Crippen LogP contribution in [-0.2, 0) is 23.1 Å². The predicted octanol–water partition coefficient (Wildman–Crippen LogP) is 2.22. The number of halogens is 1.